The number of halogens is 1. The zero-order chi connectivity index (χ0) is 13.5. The molecule has 1 unspecified atom stereocenters. The van der Waals surface area contributed by atoms with E-state index in [1.807, 2.05) is 12.1 Å². The monoisotopic (exact) mass is 268 g/mol. The van der Waals surface area contributed by atoms with E-state index in [1.54, 1.807) is 0 Å². The maximum Gasteiger partial charge on any atom is 0.0642 e. The van der Waals surface area contributed by atoms with Gasteiger partial charge in [0.1, 0.15) is 0 Å². The third kappa shape index (κ3) is 4.18. The fraction of sp³-hybridized carbons (Fsp3) is 0.600. The molecular weight excluding hydrogens is 244 g/mol. The molecule has 2 nitrogen and oxygen atoms in total. The fourth-order valence-corrected chi connectivity index (χ4v) is 2.42. The van der Waals surface area contributed by atoms with Gasteiger partial charge < -0.3 is 10.2 Å². The van der Waals surface area contributed by atoms with E-state index >= 15 is 0 Å². The molecule has 0 aliphatic heterocycles. The van der Waals surface area contributed by atoms with Crippen LogP contribution in [0.25, 0.3) is 0 Å². The first-order chi connectivity index (χ1) is 8.60. The van der Waals surface area contributed by atoms with Crippen LogP contribution in [0.4, 0.5) is 5.69 Å². The number of hydrogen-bond donors (Lipinski definition) is 1. The molecule has 1 rings (SSSR count). The molecule has 18 heavy (non-hydrogen) atoms. The second-order valence-electron chi connectivity index (χ2n) is 4.92. The summed E-state index contributed by atoms with van der Waals surface area (Å²) in [4.78, 5) is 2.28. The van der Waals surface area contributed by atoms with E-state index in [1.165, 1.54) is 17.7 Å². The van der Waals surface area contributed by atoms with Crippen molar-refractivity contribution in [3.05, 3.63) is 28.8 Å². The van der Waals surface area contributed by atoms with Gasteiger partial charge in [-0.05, 0) is 24.1 Å². The largest absolute Gasteiger partial charge is 0.373 e. The van der Waals surface area contributed by atoms with E-state index in [0.717, 1.165) is 24.7 Å². The molecule has 0 saturated heterocycles. The lowest BCUT2D eigenvalue weighted by atomic mass is 10.1. The van der Waals surface area contributed by atoms with Gasteiger partial charge in [0.15, 0.2) is 0 Å². The summed E-state index contributed by atoms with van der Waals surface area (Å²) >= 11 is 6.36. The molecule has 0 radical (unpaired) electrons. The highest BCUT2D eigenvalue weighted by atomic mass is 35.5. The summed E-state index contributed by atoms with van der Waals surface area (Å²) < 4.78 is 0. The Labute approximate surface area is 116 Å². The Morgan fingerprint density at radius 3 is 2.67 bits per heavy atom. The highest BCUT2D eigenvalue weighted by Crippen LogP contribution is 2.29. The summed E-state index contributed by atoms with van der Waals surface area (Å²) in [6.07, 6.45) is 1.19. The van der Waals surface area contributed by atoms with Crippen molar-refractivity contribution < 1.29 is 0 Å². The first kappa shape index (κ1) is 15.3. The third-order valence-corrected chi connectivity index (χ3v) is 3.60. The number of benzene rings is 1. The van der Waals surface area contributed by atoms with Crippen molar-refractivity contribution in [3.63, 3.8) is 0 Å². The van der Waals surface area contributed by atoms with Gasteiger partial charge in [-0.25, -0.2) is 0 Å². The smallest absolute Gasteiger partial charge is 0.0642 e. The van der Waals surface area contributed by atoms with Gasteiger partial charge in [0.05, 0.1) is 10.7 Å². The topological polar surface area (TPSA) is 15.3 Å². The maximum absolute atomic E-state index is 6.36. The van der Waals surface area contributed by atoms with E-state index in [-0.39, 0.29) is 0 Å². The summed E-state index contributed by atoms with van der Waals surface area (Å²) in [7, 11) is 2.13. The van der Waals surface area contributed by atoms with Gasteiger partial charge in [0, 0.05) is 20.1 Å². The summed E-state index contributed by atoms with van der Waals surface area (Å²) in [5.41, 5.74) is 2.44. The molecule has 1 atom stereocenters. The molecule has 0 saturated carbocycles. The number of nitrogens with zero attached hydrogens (tertiary/aromatic N) is 1. The molecule has 0 amide bonds. The summed E-state index contributed by atoms with van der Waals surface area (Å²) in [5, 5.41) is 4.21. The van der Waals surface area contributed by atoms with Crippen LogP contribution < -0.4 is 10.2 Å². The quantitative estimate of drug-likeness (QED) is 0.806. The van der Waals surface area contributed by atoms with Crippen LogP contribution in [0.15, 0.2) is 18.2 Å². The van der Waals surface area contributed by atoms with Crippen LogP contribution in [-0.2, 0) is 6.54 Å². The van der Waals surface area contributed by atoms with Crippen LogP contribution in [0.5, 0.6) is 0 Å². The number of para-hydroxylation sites is 1. The number of anilines is 1. The van der Waals surface area contributed by atoms with Crippen molar-refractivity contribution in [1.29, 1.82) is 0 Å². The van der Waals surface area contributed by atoms with Gasteiger partial charge in [0.2, 0.25) is 0 Å². The van der Waals surface area contributed by atoms with Gasteiger partial charge in [-0.1, -0.05) is 50.9 Å². The average molecular weight is 269 g/mol. The molecule has 0 spiro atoms. The zero-order valence-electron chi connectivity index (χ0n) is 12.0. The molecule has 0 fully saturated rings. The Hall–Kier alpha value is -0.730. The van der Waals surface area contributed by atoms with Crippen molar-refractivity contribution in [2.24, 2.45) is 5.92 Å². The molecule has 0 aromatic heterocycles. The zero-order valence-corrected chi connectivity index (χ0v) is 12.7. The van der Waals surface area contributed by atoms with E-state index in [9.17, 15) is 0 Å². The summed E-state index contributed by atoms with van der Waals surface area (Å²) in [6.45, 7) is 9.51. The molecule has 3 heteroatoms. The third-order valence-electron chi connectivity index (χ3n) is 3.30. The van der Waals surface area contributed by atoms with Crippen molar-refractivity contribution in [2.45, 2.75) is 33.7 Å². The molecule has 1 aromatic carbocycles. The molecule has 102 valence electrons. The first-order valence-corrected chi connectivity index (χ1v) is 7.17. The van der Waals surface area contributed by atoms with E-state index in [4.69, 9.17) is 11.6 Å². The minimum Gasteiger partial charge on any atom is -0.373 e. The van der Waals surface area contributed by atoms with Gasteiger partial charge >= 0.3 is 0 Å². The van der Waals surface area contributed by atoms with Gasteiger partial charge in [-0.2, -0.15) is 0 Å². The Bertz CT molecular complexity index is 366. The van der Waals surface area contributed by atoms with Gasteiger partial charge in [-0.3, -0.25) is 0 Å². The van der Waals surface area contributed by atoms with Crippen molar-refractivity contribution in [2.75, 3.05) is 25.0 Å². The highest BCUT2D eigenvalue weighted by molar-refractivity contribution is 6.33. The first-order valence-electron chi connectivity index (χ1n) is 6.79. The second kappa shape index (κ2) is 7.65. The maximum atomic E-state index is 6.36. The van der Waals surface area contributed by atoms with E-state index in [2.05, 4.69) is 44.1 Å². The Kier molecular flexibility index (Phi) is 6.51. The lowest BCUT2D eigenvalue weighted by molar-refractivity contribution is 0.558. The van der Waals surface area contributed by atoms with Crippen LogP contribution in [-0.4, -0.2) is 20.1 Å². The minimum absolute atomic E-state index is 0.679. The fourth-order valence-electron chi connectivity index (χ4n) is 2.08. The molecule has 0 aliphatic carbocycles. The molecule has 0 heterocycles. The predicted molar refractivity (Wildman–Crippen MR) is 81.6 cm³/mol. The summed E-state index contributed by atoms with van der Waals surface area (Å²) in [6, 6.07) is 6.14. The number of nitrogens with one attached hydrogen (secondary N) is 1. The van der Waals surface area contributed by atoms with Crippen molar-refractivity contribution >= 4 is 17.3 Å². The Morgan fingerprint density at radius 1 is 1.33 bits per heavy atom. The molecule has 0 aliphatic rings. The molecule has 1 N–H and O–H groups in total. The van der Waals surface area contributed by atoms with Crippen LogP contribution in [0.1, 0.15) is 32.8 Å². The standard InChI is InChI=1S/C15H25ClN2/c1-5-12(3)11-18(4)15-13(10-17-6-2)8-7-9-14(15)16/h7-9,12,17H,5-6,10-11H2,1-4H3. The normalized spacial score (nSPS) is 12.5. The molecular formula is C15H25ClN2. The highest BCUT2D eigenvalue weighted by Gasteiger charge is 2.13. The van der Waals surface area contributed by atoms with Crippen LogP contribution >= 0.6 is 11.6 Å². The van der Waals surface area contributed by atoms with E-state index in [0.29, 0.717) is 5.92 Å². The predicted octanol–water partition coefficient (Wildman–Crippen LogP) is 3.93. The average Bonchev–Trinajstić information content (AvgIpc) is 2.35. The van der Waals surface area contributed by atoms with Crippen molar-refractivity contribution in [3.8, 4) is 0 Å². The SMILES string of the molecule is CCNCc1cccc(Cl)c1N(C)CC(C)CC. The lowest BCUT2D eigenvalue weighted by Gasteiger charge is -2.26. The van der Waals surface area contributed by atoms with Crippen LogP contribution in [0.3, 0.4) is 0 Å². The van der Waals surface area contributed by atoms with E-state index < -0.39 is 0 Å². The summed E-state index contributed by atoms with van der Waals surface area (Å²) in [5.74, 6) is 0.679. The van der Waals surface area contributed by atoms with Crippen LogP contribution in [0, 0.1) is 5.92 Å². The van der Waals surface area contributed by atoms with Crippen molar-refractivity contribution in [1.82, 2.24) is 5.32 Å². The number of hydrogen-bond acceptors (Lipinski definition) is 2. The lowest BCUT2D eigenvalue weighted by Crippen LogP contribution is -2.26. The van der Waals surface area contributed by atoms with Gasteiger partial charge in [0.25, 0.3) is 0 Å². The Balaban J connectivity index is 2.90. The second-order valence-corrected chi connectivity index (χ2v) is 5.33. The van der Waals surface area contributed by atoms with Crippen LogP contribution in [0.2, 0.25) is 5.02 Å². The Morgan fingerprint density at radius 2 is 2.06 bits per heavy atom. The number of rotatable bonds is 7. The minimum atomic E-state index is 0.679. The van der Waals surface area contributed by atoms with Gasteiger partial charge in [-0.15, -0.1) is 0 Å². The molecule has 0 bridgehead atoms. The molecule has 1 aromatic rings.